The molecule has 5 N–H and O–H groups in total. The van der Waals surface area contributed by atoms with Crippen LogP contribution in [-0.4, -0.2) is 23.8 Å². The first-order valence-electron chi connectivity index (χ1n) is 11.5. The van der Waals surface area contributed by atoms with Crippen LogP contribution in [-0.2, 0) is 9.59 Å². The summed E-state index contributed by atoms with van der Waals surface area (Å²) in [6, 6.07) is 28.4. The Bertz CT molecular complexity index is 985. The van der Waals surface area contributed by atoms with Crippen LogP contribution in [0.5, 0.6) is 0 Å². The molecule has 0 fully saturated rings. The van der Waals surface area contributed by atoms with Crippen molar-refractivity contribution in [3.63, 3.8) is 0 Å². The summed E-state index contributed by atoms with van der Waals surface area (Å²) < 4.78 is 0. The van der Waals surface area contributed by atoms with Crippen molar-refractivity contribution in [2.75, 3.05) is 6.54 Å². The second-order valence-electron chi connectivity index (χ2n) is 8.33. The van der Waals surface area contributed by atoms with Gasteiger partial charge in [0, 0.05) is 0 Å². The average Bonchev–Trinajstić information content (AvgIpc) is 2.87. The molecule has 0 radical (unpaired) electrons. The predicted octanol–water partition coefficient (Wildman–Crippen LogP) is 4.09. The fourth-order valence-electron chi connectivity index (χ4n) is 4.17. The smallest absolute Gasteiger partial charge is 0.248 e. The number of ketones is 1. The van der Waals surface area contributed by atoms with E-state index in [2.05, 4.69) is 5.32 Å². The van der Waals surface area contributed by atoms with Crippen molar-refractivity contribution in [2.45, 2.75) is 43.7 Å². The van der Waals surface area contributed by atoms with Crippen molar-refractivity contribution < 1.29 is 9.59 Å². The highest BCUT2D eigenvalue weighted by Crippen LogP contribution is 2.31. The van der Waals surface area contributed by atoms with Gasteiger partial charge in [-0.3, -0.25) is 9.59 Å². The van der Waals surface area contributed by atoms with Crippen LogP contribution in [0.1, 0.15) is 54.8 Å². The van der Waals surface area contributed by atoms with Crippen LogP contribution in [0.4, 0.5) is 0 Å². The van der Waals surface area contributed by atoms with Crippen molar-refractivity contribution in [1.29, 1.82) is 0 Å². The lowest BCUT2D eigenvalue weighted by Gasteiger charge is -2.33. The number of rotatable bonds is 11. The highest BCUT2D eigenvalue weighted by molar-refractivity contribution is 6.14. The van der Waals surface area contributed by atoms with E-state index in [1.54, 1.807) is 0 Å². The number of nitrogens with one attached hydrogen (secondary N) is 1. The van der Waals surface area contributed by atoms with Crippen molar-refractivity contribution in [3.05, 3.63) is 108 Å². The van der Waals surface area contributed by atoms with Crippen molar-refractivity contribution in [3.8, 4) is 0 Å². The van der Waals surface area contributed by atoms with Crippen LogP contribution in [0.3, 0.4) is 0 Å². The molecule has 0 saturated carbocycles. The number of amides is 1. The van der Waals surface area contributed by atoms with E-state index in [1.165, 1.54) is 0 Å². The topological polar surface area (TPSA) is 98.2 Å². The number of benzene rings is 3. The van der Waals surface area contributed by atoms with Gasteiger partial charge in [0.2, 0.25) is 5.91 Å². The molecule has 0 saturated heterocycles. The number of hydrogen-bond donors (Lipinski definition) is 3. The molecule has 0 heterocycles. The summed E-state index contributed by atoms with van der Waals surface area (Å²) in [4.78, 5) is 27.7. The Kier molecular flexibility index (Phi) is 8.52. The van der Waals surface area contributed by atoms with E-state index in [0.29, 0.717) is 19.4 Å². The SMILES string of the molecule is CC[C@H](NC(=O)[C@@](N)(CCCN)C(=O)C(c1ccccc1)c1ccccc1)c1ccccc1. The van der Waals surface area contributed by atoms with Crippen LogP contribution < -0.4 is 16.8 Å². The maximum Gasteiger partial charge on any atom is 0.248 e. The summed E-state index contributed by atoms with van der Waals surface area (Å²) in [6.07, 6.45) is 1.32. The van der Waals surface area contributed by atoms with Gasteiger partial charge >= 0.3 is 0 Å². The minimum atomic E-state index is -1.71. The first-order chi connectivity index (χ1) is 16.0. The summed E-state index contributed by atoms with van der Waals surface area (Å²) in [5, 5.41) is 3.05. The minimum Gasteiger partial charge on any atom is -0.347 e. The molecule has 5 heteroatoms. The summed E-state index contributed by atoms with van der Waals surface area (Å²) in [5.74, 6) is -1.44. The zero-order valence-electron chi connectivity index (χ0n) is 19.1. The molecule has 0 bridgehead atoms. The Morgan fingerprint density at radius 2 is 1.27 bits per heavy atom. The molecule has 0 unspecified atom stereocenters. The maximum absolute atomic E-state index is 14.1. The number of Topliss-reactive ketones (excluding diaryl/α,β-unsaturated/α-hetero) is 1. The molecule has 0 aliphatic carbocycles. The van der Waals surface area contributed by atoms with Gasteiger partial charge in [0.25, 0.3) is 0 Å². The molecule has 172 valence electrons. The summed E-state index contributed by atoms with van der Waals surface area (Å²) in [5.41, 5.74) is 13.3. The van der Waals surface area contributed by atoms with Crippen LogP contribution >= 0.6 is 0 Å². The molecule has 2 atom stereocenters. The Labute approximate surface area is 196 Å². The van der Waals surface area contributed by atoms with Crippen molar-refractivity contribution in [1.82, 2.24) is 5.32 Å². The Morgan fingerprint density at radius 1 is 0.818 bits per heavy atom. The van der Waals surface area contributed by atoms with Gasteiger partial charge < -0.3 is 16.8 Å². The van der Waals surface area contributed by atoms with Gasteiger partial charge in [-0.05, 0) is 42.5 Å². The van der Waals surface area contributed by atoms with Gasteiger partial charge in [-0.2, -0.15) is 0 Å². The third-order valence-corrected chi connectivity index (χ3v) is 6.06. The van der Waals surface area contributed by atoms with E-state index < -0.39 is 17.4 Å². The lowest BCUT2D eigenvalue weighted by Crippen LogP contribution is -2.61. The lowest BCUT2D eigenvalue weighted by molar-refractivity contribution is -0.137. The van der Waals surface area contributed by atoms with Gasteiger partial charge in [-0.15, -0.1) is 0 Å². The first kappa shape index (κ1) is 24.4. The monoisotopic (exact) mass is 443 g/mol. The number of carbonyl (C=O) groups excluding carboxylic acids is 2. The second-order valence-corrected chi connectivity index (χ2v) is 8.33. The number of nitrogens with two attached hydrogens (primary N) is 2. The Morgan fingerprint density at radius 3 is 1.70 bits per heavy atom. The van der Waals surface area contributed by atoms with E-state index in [0.717, 1.165) is 16.7 Å². The molecule has 33 heavy (non-hydrogen) atoms. The highest BCUT2D eigenvalue weighted by atomic mass is 16.2. The third-order valence-electron chi connectivity index (χ3n) is 6.06. The standard InChI is InChI=1S/C28H33N3O2/c1-2-24(21-13-6-3-7-14-21)31-27(33)28(30,19-12-20-29)26(32)25(22-15-8-4-9-16-22)23-17-10-5-11-18-23/h3-11,13-18,24-25H,2,12,19-20,29-30H2,1H3,(H,31,33)/t24-,28+/m0/s1. The zero-order chi connectivity index (χ0) is 23.7. The molecular formula is C28H33N3O2. The maximum atomic E-state index is 14.1. The van der Waals surface area contributed by atoms with Crippen LogP contribution in [0.25, 0.3) is 0 Å². The second kappa shape index (κ2) is 11.5. The quantitative estimate of drug-likeness (QED) is 0.389. The number of carbonyl (C=O) groups is 2. The molecule has 3 aromatic carbocycles. The fraction of sp³-hybridized carbons (Fsp3) is 0.286. The molecule has 0 aliphatic heterocycles. The van der Waals surface area contributed by atoms with Gasteiger partial charge in [0.15, 0.2) is 11.3 Å². The lowest BCUT2D eigenvalue weighted by atomic mass is 9.76. The van der Waals surface area contributed by atoms with Crippen molar-refractivity contribution >= 4 is 11.7 Å². The highest BCUT2D eigenvalue weighted by Gasteiger charge is 2.45. The van der Waals surface area contributed by atoms with Crippen LogP contribution in [0.15, 0.2) is 91.0 Å². The van der Waals surface area contributed by atoms with E-state index in [4.69, 9.17) is 11.5 Å². The van der Waals surface area contributed by atoms with E-state index in [9.17, 15) is 9.59 Å². The summed E-state index contributed by atoms with van der Waals surface area (Å²) >= 11 is 0. The van der Waals surface area contributed by atoms with E-state index >= 15 is 0 Å². The van der Waals surface area contributed by atoms with Crippen molar-refractivity contribution in [2.24, 2.45) is 11.5 Å². The molecule has 3 rings (SSSR count). The molecule has 1 amide bonds. The largest absolute Gasteiger partial charge is 0.347 e. The Balaban J connectivity index is 1.99. The fourth-order valence-corrected chi connectivity index (χ4v) is 4.17. The third kappa shape index (κ3) is 5.75. The zero-order valence-corrected chi connectivity index (χ0v) is 19.1. The van der Waals surface area contributed by atoms with Gasteiger partial charge in [0.05, 0.1) is 12.0 Å². The normalized spacial score (nSPS) is 13.8. The van der Waals surface area contributed by atoms with Gasteiger partial charge in [0.1, 0.15) is 0 Å². The Hall–Kier alpha value is -3.28. The minimum absolute atomic E-state index is 0.176. The van der Waals surface area contributed by atoms with Crippen LogP contribution in [0.2, 0.25) is 0 Å². The molecule has 0 aliphatic rings. The predicted molar refractivity (Wildman–Crippen MR) is 133 cm³/mol. The van der Waals surface area contributed by atoms with Gasteiger partial charge in [-0.1, -0.05) is 97.9 Å². The molecule has 0 aromatic heterocycles. The summed E-state index contributed by atoms with van der Waals surface area (Å²) in [7, 11) is 0. The number of hydrogen-bond acceptors (Lipinski definition) is 4. The first-order valence-corrected chi connectivity index (χ1v) is 11.5. The van der Waals surface area contributed by atoms with Crippen LogP contribution in [0, 0.1) is 0 Å². The molecular weight excluding hydrogens is 410 g/mol. The molecule has 3 aromatic rings. The van der Waals surface area contributed by atoms with Gasteiger partial charge in [-0.25, -0.2) is 0 Å². The van der Waals surface area contributed by atoms with E-state index in [-0.39, 0.29) is 18.2 Å². The van der Waals surface area contributed by atoms with E-state index in [1.807, 2.05) is 97.9 Å². The molecule has 0 spiro atoms. The molecule has 5 nitrogen and oxygen atoms in total. The average molecular weight is 444 g/mol. The summed E-state index contributed by atoms with van der Waals surface area (Å²) in [6.45, 7) is 2.34.